The first-order valence-corrected chi connectivity index (χ1v) is 11.7. The summed E-state index contributed by atoms with van der Waals surface area (Å²) in [5, 5.41) is 6.86. The van der Waals surface area contributed by atoms with Crippen molar-refractivity contribution in [1.82, 2.24) is 15.3 Å². The van der Waals surface area contributed by atoms with Crippen LogP contribution in [0.5, 0.6) is 0 Å². The highest BCUT2D eigenvalue weighted by Gasteiger charge is 2.22. The van der Waals surface area contributed by atoms with Crippen LogP contribution in [0.3, 0.4) is 0 Å². The van der Waals surface area contributed by atoms with E-state index < -0.39 is 0 Å². The third-order valence-electron chi connectivity index (χ3n) is 6.17. The van der Waals surface area contributed by atoms with Crippen molar-refractivity contribution < 1.29 is 0 Å². The molecular formula is C25H28N6S. The summed E-state index contributed by atoms with van der Waals surface area (Å²) in [4.78, 5) is 14.4. The molecule has 2 aliphatic rings. The molecule has 32 heavy (non-hydrogen) atoms. The standard InChI is InChI=1S/C25H28N6S/c1-2-26-25(32)29-24-27-22(30-13-11-18-7-3-5-9-20(18)16-30)15-23(28-24)31-14-12-19-8-4-6-10-21(19)17-31/h3-10,15H,2,11-14,16-17H2,1H3,(H2,26,27,28,29,32). The van der Waals surface area contributed by atoms with Crippen LogP contribution in [-0.4, -0.2) is 34.7 Å². The average molecular weight is 445 g/mol. The number of hydrogen-bond acceptors (Lipinski definition) is 5. The lowest BCUT2D eigenvalue weighted by Gasteiger charge is -2.33. The third-order valence-corrected chi connectivity index (χ3v) is 6.42. The molecular weight excluding hydrogens is 416 g/mol. The highest BCUT2D eigenvalue weighted by atomic mass is 32.1. The van der Waals surface area contributed by atoms with Gasteiger partial charge in [0, 0.05) is 38.8 Å². The minimum Gasteiger partial charge on any atom is -0.363 e. The van der Waals surface area contributed by atoms with Crippen LogP contribution in [0.2, 0.25) is 0 Å². The number of fused-ring (bicyclic) bond motifs is 2. The maximum Gasteiger partial charge on any atom is 0.232 e. The van der Waals surface area contributed by atoms with Crippen LogP contribution in [0.15, 0.2) is 54.6 Å². The second-order valence-corrected chi connectivity index (χ2v) is 8.68. The maximum atomic E-state index is 5.41. The molecule has 0 unspecified atom stereocenters. The molecule has 0 fully saturated rings. The van der Waals surface area contributed by atoms with Gasteiger partial charge in [-0.2, -0.15) is 9.97 Å². The summed E-state index contributed by atoms with van der Waals surface area (Å²) in [6.45, 7) is 6.36. The quantitative estimate of drug-likeness (QED) is 0.592. The van der Waals surface area contributed by atoms with Gasteiger partial charge in [-0.25, -0.2) is 0 Å². The Morgan fingerprint density at radius 1 is 0.844 bits per heavy atom. The molecule has 0 saturated heterocycles. The predicted molar refractivity (Wildman–Crippen MR) is 134 cm³/mol. The molecule has 5 rings (SSSR count). The van der Waals surface area contributed by atoms with Gasteiger partial charge in [-0.05, 0) is 54.2 Å². The van der Waals surface area contributed by atoms with Crippen LogP contribution < -0.4 is 20.4 Å². The zero-order valence-electron chi connectivity index (χ0n) is 18.3. The lowest BCUT2D eigenvalue weighted by atomic mass is 9.99. The maximum absolute atomic E-state index is 5.41. The largest absolute Gasteiger partial charge is 0.363 e. The van der Waals surface area contributed by atoms with Gasteiger partial charge in [-0.15, -0.1) is 0 Å². The Balaban J connectivity index is 1.46. The van der Waals surface area contributed by atoms with E-state index in [0.29, 0.717) is 11.1 Å². The molecule has 164 valence electrons. The summed E-state index contributed by atoms with van der Waals surface area (Å²) < 4.78 is 0. The Labute approximate surface area is 194 Å². The lowest BCUT2D eigenvalue weighted by Crippen LogP contribution is -2.34. The summed E-state index contributed by atoms with van der Waals surface area (Å²) in [5.74, 6) is 2.41. The van der Waals surface area contributed by atoms with Crippen molar-refractivity contribution in [3.8, 4) is 0 Å². The summed E-state index contributed by atoms with van der Waals surface area (Å²) in [6, 6.07) is 19.5. The fourth-order valence-electron chi connectivity index (χ4n) is 4.49. The molecule has 3 heterocycles. The molecule has 3 aromatic rings. The van der Waals surface area contributed by atoms with E-state index in [4.69, 9.17) is 22.2 Å². The SMILES string of the molecule is CCNC(=S)Nc1nc(N2CCc3ccccc3C2)cc(N2CCc3ccccc3C2)n1. The highest BCUT2D eigenvalue weighted by molar-refractivity contribution is 7.80. The number of rotatable bonds is 4. The van der Waals surface area contributed by atoms with Gasteiger partial charge >= 0.3 is 0 Å². The van der Waals surface area contributed by atoms with Crippen molar-refractivity contribution in [3.63, 3.8) is 0 Å². The minimum atomic E-state index is 0.543. The molecule has 7 heteroatoms. The van der Waals surface area contributed by atoms with Crippen molar-refractivity contribution in [1.29, 1.82) is 0 Å². The van der Waals surface area contributed by atoms with Crippen LogP contribution in [-0.2, 0) is 25.9 Å². The Morgan fingerprint density at radius 3 is 1.84 bits per heavy atom. The molecule has 0 atom stereocenters. The zero-order chi connectivity index (χ0) is 21.9. The molecule has 0 aliphatic carbocycles. The van der Waals surface area contributed by atoms with Gasteiger partial charge in [0.15, 0.2) is 5.11 Å². The van der Waals surface area contributed by atoms with Gasteiger partial charge < -0.3 is 20.4 Å². The molecule has 1 aromatic heterocycles. The molecule has 0 spiro atoms. The van der Waals surface area contributed by atoms with Crippen LogP contribution in [0.4, 0.5) is 17.6 Å². The summed E-state index contributed by atoms with van der Waals surface area (Å²) in [7, 11) is 0. The number of nitrogens with zero attached hydrogens (tertiary/aromatic N) is 4. The topological polar surface area (TPSA) is 56.3 Å². The Hall–Kier alpha value is -3.19. The van der Waals surface area contributed by atoms with Crippen molar-refractivity contribution >= 4 is 34.9 Å². The van der Waals surface area contributed by atoms with Crippen molar-refractivity contribution in [2.45, 2.75) is 32.9 Å². The number of benzene rings is 2. The van der Waals surface area contributed by atoms with E-state index in [1.807, 2.05) is 6.92 Å². The second kappa shape index (κ2) is 9.12. The first-order valence-electron chi connectivity index (χ1n) is 11.3. The molecule has 0 saturated carbocycles. The normalized spacial score (nSPS) is 15.0. The molecule has 0 amide bonds. The van der Waals surface area contributed by atoms with Crippen molar-refractivity contribution in [2.75, 3.05) is 34.8 Å². The van der Waals surface area contributed by atoms with Gasteiger partial charge in [0.25, 0.3) is 0 Å². The van der Waals surface area contributed by atoms with E-state index in [9.17, 15) is 0 Å². The van der Waals surface area contributed by atoms with Gasteiger partial charge in [0.05, 0.1) is 0 Å². The minimum absolute atomic E-state index is 0.543. The second-order valence-electron chi connectivity index (χ2n) is 8.27. The molecule has 2 aliphatic heterocycles. The van der Waals surface area contributed by atoms with Crippen LogP contribution in [0.1, 0.15) is 29.2 Å². The zero-order valence-corrected chi connectivity index (χ0v) is 19.2. The number of anilines is 3. The fraction of sp³-hybridized carbons (Fsp3) is 0.320. The van der Waals surface area contributed by atoms with E-state index in [0.717, 1.165) is 57.2 Å². The highest BCUT2D eigenvalue weighted by Crippen LogP contribution is 2.29. The van der Waals surface area contributed by atoms with E-state index in [1.54, 1.807) is 0 Å². The monoisotopic (exact) mass is 444 g/mol. The van der Waals surface area contributed by atoms with Crippen LogP contribution in [0, 0.1) is 0 Å². The fourth-order valence-corrected chi connectivity index (χ4v) is 4.73. The summed E-state index contributed by atoms with van der Waals surface area (Å²) in [6.07, 6.45) is 2.04. The summed E-state index contributed by atoms with van der Waals surface area (Å²) in [5.41, 5.74) is 5.58. The number of hydrogen-bond donors (Lipinski definition) is 2. The Morgan fingerprint density at radius 2 is 1.34 bits per heavy atom. The lowest BCUT2D eigenvalue weighted by molar-refractivity contribution is 0.706. The third kappa shape index (κ3) is 4.39. The van der Waals surface area contributed by atoms with E-state index in [2.05, 4.69) is 75.0 Å². The van der Waals surface area contributed by atoms with E-state index in [1.165, 1.54) is 22.3 Å². The molecule has 6 nitrogen and oxygen atoms in total. The Bertz CT molecular complexity index is 1060. The van der Waals surface area contributed by atoms with E-state index in [-0.39, 0.29) is 0 Å². The van der Waals surface area contributed by atoms with Gasteiger partial charge in [0.2, 0.25) is 5.95 Å². The van der Waals surface area contributed by atoms with Gasteiger partial charge in [0.1, 0.15) is 11.6 Å². The first-order chi connectivity index (χ1) is 15.7. The molecule has 2 N–H and O–H groups in total. The molecule has 2 aromatic carbocycles. The van der Waals surface area contributed by atoms with E-state index >= 15 is 0 Å². The molecule has 0 radical (unpaired) electrons. The smallest absolute Gasteiger partial charge is 0.232 e. The number of nitrogens with one attached hydrogen (secondary N) is 2. The number of thiocarbonyl (C=S) groups is 1. The van der Waals surface area contributed by atoms with Crippen molar-refractivity contribution in [2.24, 2.45) is 0 Å². The Kier molecular flexibility index (Phi) is 5.90. The van der Waals surface area contributed by atoms with Crippen LogP contribution >= 0.6 is 12.2 Å². The summed E-state index contributed by atoms with van der Waals surface area (Å²) >= 11 is 5.41. The van der Waals surface area contributed by atoms with Crippen molar-refractivity contribution in [3.05, 3.63) is 76.9 Å². The number of aromatic nitrogens is 2. The van der Waals surface area contributed by atoms with Crippen LogP contribution in [0.25, 0.3) is 0 Å². The van der Waals surface area contributed by atoms with Gasteiger partial charge in [-0.1, -0.05) is 48.5 Å². The molecule has 0 bridgehead atoms. The van der Waals surface area contributed by atoms with Gasteiger partial charge in [-0.3, -0.25) is 0 Å². The predicted octanol–water partition coefficient (Wildman–Crippen LogP) is 3.91. The average Bonchev–Trinajstić information content (AvgIpc) is 2.83. The first kappa shape index (κ1) is 20.7.